The van der Waals surface area contributed by atoms with E-state index in [2.05, 4.69) is 45.6 Å². The molecule has 7 nitrogen and oxygen atoms in total. The van der Waals surface area contributed by atoms with Crippen LogP contribution in [0.2, 0.25) is 0 Å². The minimum Gasteiger partial charge on any atom is -0.343 e. The zero-order valence-corrected chi connectivity index (χ0v) is 19.6. The maximum absolute atomic E-state index is 12.9. The standard InChI is InChI=1S/C28H28N6O/c35-27(32-15-13-22(14-16-32)19-21-7-3-1-4-8-21)12-11-26-29-30-28-25-20-24(23-9-5-2-6-10-23)31-34(25)18-17-33(26)28/h1-10,17-18,20,22H,11-16,19H2. The predicted molar refractivity (Wildman–Crippen MR) is 135 cm³/mol. The van der Waals surface area contributed by atoms with Gasteiger partial charge in [0.25, 0.3) is 0 Å². The molecule has 3 aromatic heterocycles. The van der Waals surface area contributed by atoms with E-state index in [1.807, 2.05) is 62.6 Å². The zero-order valence-electron chi connectivity index (χ0n) is 19.6. The highest BCUT2D eigenvalue weighted by Crippen LogP contribution is 2.24. The highest BCUT2D eigenvalue weighted by atomic mass is 16.2. The lowest BCUT2D eigenvalue weighted by atomic mass is 9.90. The van der Waals surface area contributed by atoms with Crippen molar-refractivity contribution in [2.75, 3.05) is 13.1 Å². The number of carbonyl (C=O) groups is 1. The predicted octanol–water partition coefficient (Wildman–Crippen LogP) is 4.46. The van der Waals surface area contributed by atoms with Gasteiger partial charge in [-0.25, -0.2) is 4.52 Å². The van der Waals surface area contributed by atoms with Crippen LogP contribution in [-0.2, 0) is 17.6 Å². The van der Waals surface area contributed by atoms with Crippen molar-refractivity contribution in [3.63, 3.8) is 0 Å². The number of fused-ring (bicyclic) bond motifs is 3. The lowest BCUT2D eigenvalue weighted by Gasteiger charge is -2.32. The van der Waals surface area contributed by atoms with Gasteiger partial charge in [-0.2, -0.15) is 5.10 Å². The van der Waals surface area contributed by atoms with Crippen LogP contribution >= 0.6 is 0 Å². The zero-order chi connectivity index (χ0) is 23.6. The van der Waals surface area contributed by atoms with Gasteiger partial charge in [0.05, 0.1) is 5.69 Å². The van der Waals surface area contributed by atoms with E-state index in [-0.39, 0.29) is 5.91 Å². The van der Waals surface area contributed by atoms with Crippen LogP contribution in [0.1, 0.15) is 30.7 Å². The molecular weight excluding hydrogens is 436 g/mol. The summed E-state index contributed by atoms with van der Waals surface area (Å²) in [5.41, 5.74) is 5.00. The Morgan fingerprint density at radius 3 is 2.43 bits per heavy atom. The highest BCUT2D eigenvalue weighted by molar-refractivity contribution is 5.77. The molecular formula is C28H28N6O. The Balaban J connectivity index is 1.10. The van der Waals surface area contributed by atoms with Gasteiger partial charge < -0.3 is 4.90 Å². The quantitative estimate of drug-likeness (QED) is 0.372. The first-order valence-corrected chi connectivity index (χ1v) is 12.3. The molecule has 7 heteroatoms. The number of carbonyl (C=O) groups excluding carboxylic acids is 1. The summed E-state index contributed by atoms with van der Waals surface area (Å²) in [5.74, 6) is 1.66. The molecule has 1 saturated heterocycles. The number of amides is 1. The van der Waals surface area contributed by atoms with Crippen molar-refractivity contribution in [2.45, 2.75) is 32.1 Å². The molecule has 0 radical (unpaired) electrons. The summed E-state index contributed by atoms with van der Waals surface area (Å²) in [6.45, 7) is 1.69. The van der Waals surface area contributed by atoms with E-state index in [0.717, 1.165) is 60.6 Å². The number of rotatable bonds is 6. The molecule has 6 rings (SSSR count). The average Bonchev–Trinajstić information content (AvgIpc) is 3.53. The van der Waals surface area contributed by atoms with Crippen LogP contribution in [0.25, 0.3) is 22.4 Å². The molecule has 1 amide bonds. The Hall–Kier alpha value is -4.00. The lowest BCUT2D eigenvalue weighted by Crippen LogP contribution is -2.39. The summed E-state index contributed by atoms with van der Waals surface area (Å²) in [5, 5.41) is 13.5. The van der Waals surface area contributed by atoms with Crippen molar-refractivity contribution in [3.05, 3.63) is 90.5 Å². The number of hydrogen-bond acceptors (Lipinski definition) is 4. The summed E-state index contributed by atoms with van der Waals surface area (Å²) in [6.07, 6.45) is 8.10. The van der Waals surface area contributed by atoms with Crippen LogP contribution in [0.15, 0.2) is 79.1 Å². The Bertz CT molecular complexity index is 1450. The second-order valence-corrected chi connectivity index (χ2v) is 9.35. The Kier molecular flexibility index (Phi) is 5.74. The van der Waals surface area contributed by atoms with Crippen molar-refractivity contribution < 1.29 is 4.79 Å². The number of aryl methyl sites for hydroxylation is 1. The van der Waals surface area contributed by atoms with Gasteiger partial charge in [-0.15, -0.1) is 10.2 Å². The summed E-state index contributed by atoms with van der Waals surface area (Å²) in [4.78, 5) is 14.9. The van der Waals surface area contributed by atoms with Crippen LogP contribution < -0.4 is 0 Å². The first-order chi connectivity index (χ1) is 17.2. The molecule has 0 aliphatic carbocycles. The van der Waals surface area contributed by atoms with Gasteiger partial charge in [-0.1, -0.05) is 60.7 Å². The van der Waals surface area contributed by atoms with Gasteiger partial charge >= 0.3 is 0 Å². The molecule has 1 aliphatic rings. The number of nitrogens with zero attached hydrogens (tertiary/aromatic N) is 6. The number of benzene rings is 2. The molecule has 5 aromatic rings. The number of hydrogen-bond donors (Lipinski definition) is 0. The topological polar surface area (TPSA) is 67.8 Å². The first kappa shape index (κ1) is 21.5. The molecule has 1 fully saturated rings. The van der Waals surface area contributed by atoms with E-state index in [1.54, 1.807) is 0 Å². The third kappa shape index (κ3) is 4.41. The van der Waals surface area contributed by atoms with E-state index in [1.165, 1.54) is 5.56 Å². The Morgan fingerprint density at radius 1 is 0.914 bits per heavy atom. The molecule has 1 aliphatic heterocycles. The molecule has 0 atom stereocenters. The second-order valence-electron chi connectivity index (χ2n) is 9.35. The molecule has 0 spiro atoms. The maximum atomic E-state index is 12.9. The van der Waals surface area contributed by atoms with Crippen LogP contribution in [0.5, 0.6) is 0 Å². The third-order valence-electron chi connectivity index (χ3n) is 7.05. The molecule has 35 heavy (non-hydrogen) atoms. The van der Waals surface area contributed by atoms with Gasteiger partial charge in [0.1, 0.15) is 11.3 Å². The fraction of sp³-hybridized carbons (Fsp3) is 0.286. The fourth-order valence-corrected chi connectivity index (χ4v) is 5.09. The Morgan fingerprint density at radius 2 is 1.66 bits per heavy atom. The van der Waals surface area contributed by atoms with Crippen LogP contribution in [0.4, 0.5) is 0 Å². The van der Waals surface area contributed by atoms with Gasteiger partial charge in [0, 0.05) is 43.9 Å². The minimum absolute atomic E-state index is 0.205. The van der Waals surface area contributed by atoms with Gasteiger partial charge in [-0.3, -0.25) is 9.20 Å². The van der Waals surface area contributed by atoms with Gasteiger partial charge in [-0.05, 0) is 36.8 Å². The number of aromatic nitrogens is 5. The smallest absolute Gasteiger partial charge is 0.223 e. The van der Waals surface area contributed by atoms with Crippen LogP contribution in [-0.4, -0.2) is 48.1 Å². The summed E-state index contributed by atoms with van der Waals surface area (Å²) < 4.78 is 3.81. The fourth-order valence-electron chi connectivity index (χ4n) is 5.09. The summed E-state index contributed by atoms with van der Waals surface area (Å²) >= 11 is 0. The lowest BCUT2D eigenvalue weighted by molar-refractivity contribution is -0.132. The van der Waals surface area contributed by atoms with E-state index in [9.17, 15) is 4.79 Å². The largest absolute Gasteiger partial charge is 0.343 e. The first-order valence-electron chi connectivity index (χ1n) is 12.3. The van der Waals surface area contributed by atoms with Gasteiger partial charge in [0.15, 0.2) is 5.65 Å². The van der Waals surface area contributed by atoms with Crippen LogP contribution in [0, 0.1) is 5.92 Å². The number of likely N-dealkylation sites (tertiary alicyclic amines) is 1. The third-order valence-corrected chi connectivity index (χ3v) is 7.05. The summed E-state index contributed by atoms with van der Waals surface area (Å²) in [7, 11) is 0. The highest BCUT2D eigenvalue weighted by Gasteiger charge is 2.23. The van der Waals surface area contributed by atoms with Gasteiger partial charge in [0.2, 0.25) is 5.91 Å². The molecule has 0 N–H and O–H groups in total. The molecule has 4 heterocycles. The maximum Gasteiger partial charge on any atom is 0.223 e. The molecule has 0 unspecified atom stereocenters. The average molecular weight is 465 g/mol. The monoisotopic (exact) mass is 464 g/mol. The SMILES string of the molecule is O=C(CCc1nnc2c3cc(-c4ccccc4)nn3ccn12)N1CCC(Cc2ccccc2)CC1. The van der Waals surface area contributed by atoms with E-state index >= 15 is 0 Å². The van der Waals surface area contributed by atoms with Crippen molar-refractivity contribution >= 4 is 17.1 Å². The van der Waals surface area contributed by atoms with Crippen LogP contribution in [0.3, 0.4) is 0 Å². The van der Waals surface area contributed by atoms with Crippen molar-refractivity contribution in [1.82, 2.24) is 29.1 Å². The molecule has 176 valence electrons. The summed E-state index contributed by atoms with van der Waals surface area (Å²) in [6, 6.07) is 22.8. The van der Waals surface area contributed by atoms with E-state index < -0.39 is 0 Å². The van der Waals surface area contributed by atoms with Crippen molar-refractivity contribution in [2.24, 2.45) is 5.92 Å². The molecule has 0 bridgehead atoms. The minimum atomic E-state index is 0.205. The van der Waals surface area contributed by atoms with E-state index in [4.69, 9.17) is 0 Å². The molecule has 2 aromatic carbocycles. The Labute approximate surface area is 204 Å². The molecule has 0 saturated carbocycles. The normalized spacial score (nSPS) is 14.7. The van der Waals surface area contributed by atoms with E-state index in [0.29, 0.717) is 18.8 Å². The second kappa shape index (κ2) is 9.33. The van der Waals surface area contributed by atoms with Crippen molar-refractivity contribution in [3.8, 4) is 11.3 Å². The number of piperidine rings is 1. The van der Waals surface area contributed by atoms with Crippen molar-refractivity contribution in [1.29, 1.82) is 0 Å².